The van der Waals surface area contributed by atoms with Gasteiger partial charge in [-0.15, -0.1) is 19.1 Å². The van der Waals surface area contributed by atoms with E-state index >= 15 is 0 Å². The number of aromatic nitrogens is 3. The second-order valence-electron chi connectivity index (χ2n) is 6.79. The fourth-order valence-corrected chi connectivity index (χ4v) is 7.51. The first-order valence-corrected chi connectivity index (χ1v) is 11.6. The van der Waals surface area contributed by atoms with Crippen LogP contribution in [0, 0.1) is 0 Å². The average molecular weight is 403 g/mol. The summed E-state index contributed by atoms with van der Waals surface area (Å²) in [6.07, 6.45) is 4.05. The second-order valence-corrected chi connectivity index (χ2v) is 10.1. The predicted molar refractivity (Wildman–Crippen MR) is 114 cm³/mol. The Bertz CT molecular complexity index is 633. The molecular weight excluding hydrogens is 365 g/mol. The lowest BCUT2D eigenvalue weighted by Crippen LogP contribution is -2.48. The van der Waals surface area contributed by atoms with Gasteiger partial charge in [0.1, 0.15) is 0 Å². The van der Waals surface area contributed by atoms with Gasteiger partial charge in [0.15, 0.2) is 0 Å². The summed E-state index contributed by atoms with van der Waals surface area (Å²) in [5, 5.41) is 9.84. The minimum absolute atomic E-state index is 0.158. The van der Waals surface area contributed by atoms with Gasteiger partial charge in [0.05, 0.1) is 0 Å². The van der Waals surface area contributed by atoms with Gasteiger partial charge in [0.2, 0.25) is 5.82 Å². The fraction of sp³-hybridized carbons (Fsp3) is 0.824. The van der Waals surface area contributed by atoms with E-state index in [0.29, 0.717) is 0 Å². The van der Waals surface area contributed by atoms with Crippen molar-refractivity contribution in [3.63, 3.8) is 0 Å². The van der Waals surface area contributed by atoms with Crippen molar-refractivity contribution in [2.45, 2.75) is 53.4 Å². The largest absolute Gasteiger partial charge is 0.342 e. The summed E-state index contributed by atoms with van der Waals surface area (Å²) in [6.45, 7) is 12.3. The molecule has 0 aliphatic heterocycles. The quantitative estimate of drug-likeness (QED) is 0.436. The molecule has 9 nitrogen and oxygen atoms in total. The van der Waals surface area contributed by atoms with Crippen LogP contribution in [0.3, 0.4) is 0 Å². The summed E-state index contributed by atoms with van der Waals surface area (Å²) in [6, 6.07) is 0. The molecule has 10 heteroatoms. The third-order valence-corrected chi connectivity index (χ3v) is 8.25. The maximum Gasteiger partial charge on any atom is 0.342 e. The number of aromatic amines is 2. The Morgan fingerprint density at radius 3 is 1.67 bits per heavy atom. The summed E-state index contributed by atoms with van der Waals surface area (Å²) < 4.78 is 7.13. The highest BCUT2D eigenvalue weighted by Gasteiger charge is 2.54. The minimum Gasteiger partial charge on any atom is -0.270 e. The zero-order valence-electron chi connectivity index (χ0n) is 17.7. The maximum absolute atomic E-state index is 12.4. The molecule has 1 rings (SSSR count). The third kappa shape index (κ3) is 5.85. The highest BCUT2D eigenvalue weighted by molar-refractivity contribution is 7.70. The molecule has 1 aromatic heterocycles. The van der Waals surface area contributed by atoms with Crippen molar-refractivity contribution in [1.82, 2.24) is 29.2 Å². The highest BCUT2D eigenvalue weighted by atomic mass is 31.2. The molecule has 0 radical (unpaired) electrons. The lowest BCUT2D eigenvalue weighted by Gasteiger charge is -2.44. The zero-order valence-corrected chi connectivity index (χ0v) is 18.6. The van der Waals surface area contributed by atoms with E-state index in [1.54, 1.807) is 0 Å². The van der Waals surface area contributed by atoms with Gasteiger partial charge in [-0.2, -0.15) is 5.09 Å². The molecule has 0 aliphatic rings. The molecule has 0 atom stereocenters. The number of anilines is 1. The standard InChI is InChI=1S/C17H36N7O2P/c1-7-11-23(12-8-2)27(22(5)6,24(13-9-3)14-10-4)21-15-16(25)18-17(26)20-19-15/h7-14H2,1-6H3,(H2-,18,19,20,21,25,26)/p+1. The summed E-state index contributed by atoms with van der Waals surface area (Å²) in [5.41, 5.74) is -1.09. The number of rotatable bonds is 13. The molecule has 156 valence electrons. The molecule has 1 heterocycles. The first-order chi connectivity index (χ1) is 12.9. The number of hydrogen-bond acceptors (Lipinski definition) is 7. The summed E-state index contributed by atoms with van der Waals surface area (Å²) in [5.74, 6) is 0.158. The van der Waals surface area contributed by atoms with Crippen LogP contribution in [-0.2, 0) is 0 Å². The van der Waals surface area contributed by atoms with Crippen molar-refractivity contribution in [3.8, 4) is 0 Å². The summed E-state index contributed by atoms with van der Waals surface area (Å²) in [7, 11) is 1.83. The predicted octanol–water partition coefficient (Wildman–Crippen LogP) is 2.35. The monoisotopic (exact) mass is 402 g/mol. The first kappa shape index (κ1) is 23.8. The van der Waals surface area contributed by atoms with E-state index in [1.807, 2.05) is 0 Å². The number of H-pyrrole nitrogens is 2. The van der Waals surface area contributed by atoms with Crippen LogP contribution in [0.5, 0.6) is 0 Å². The molecule has 0 unspecified atom stereocenters. The smallest absolute Gasteiger partial charge is 0.270 e. The maximum atomic E-state index is 12.4. The number of nitrogens with zero attached hydrogens (tertiary/aromatic N) is 4. The van der Waals surface area contributed by atoms with Crippen LogP contribution >= 0.6 is 7.87 Å². The fourth-order valence-electron chi connectivity index (χ4n) is 3.31. The van der Waals surface area contributed by atoms with Crippen LogP contribution < -0.4 is 16.3 Å². The molecule has 0 aliphatic carbocycles. The molecule has 3 N–H and O–H groups in total. The van der Waals surface area contributed by atoms with Gasteiger partial charge < -0.3 is 0 Å². The summed E-state index contributed by atoms with van der Waals surface area (Å²) in [4.78, 5) is 26.1. The van der Waals surface area contributed by atoms with E-state index < -0.39 is 19.1 Å². The molecule has 0 spiro atoms. The van der Waals surface area contributed by atoms with Crippen molar-refractivity contribution in [2.75, 3.05) is 45.4 Å². The Balaban J connectivity index is 3.56. The van der Waals surface area contributed by atoms with Gasteiger partial charge in [0.25, 0.3) is 5.56 Å². The van der Waals surface area contributed by atoms with Gasteiger partial charge in [-0.05, 0) is 25.7 Å². The molecule has 0 amide bonds. The SMILES string of the molecule is CCCN(CCC)[P+](Nc1n[nH]c(=O)[nH]c1=O)(N(C)C)N(CCC)CCC. The van der Waals surface area contributed by atoms with Gasteiger partial charge in [-0.3, -0.25) is 9.78 Å². The molecule has 27 heavy (non-hydrogen) atoms. The van der Waals surface area contributed by atoms with E-state index in [9.17, 15) is 9.59 Å². The van der Waals surface area contributed by atoms with Crippen molar-refractivity contribution >= 4 is 13.7 Å². The topological polar surface area (TPSA) is 100 Å². The van der Waals surface area contributed by atoms with Crippen molar-refractivity contribution in [2.24, 2.45) is 0 Å². The van der Waals surface area contributed by atoms with Gasteiger partial charge >= 0.3 is 13.6 Å². The zero-order chi connectivity index (χ0) is 20.4. The highest BCUT2D eigenvalue weighted by Crippen LogP contribution is 2.65. The minimum atomic E-state index is -2.27. The second kappa shape index (κ2) is 11.5. The van der Waals surface area contributed by atoms with E-state index in [0.717, 1.165) is 51.9 Å². The molecular formula is C17H37N7O2P+. The molecule has 0 bridgehead atoms. The van der Waals surface area contributed by atoms with Crippen LogP contribution in [-0.4, -0.2) is 69.5 Å². The van der Waals surface area contributed by atoms with Crippen molar-refractivity contribution in [3.05, 3.63) is 20.8 Å². The Hall–Kier alpha value is -1.28. The molecule has 0 fully saturated rings. The van der Waals surface area contributed by atoms with Crippen LogP contribution in [0.1, 0.15) is 53.4 Å². The van der Waals surface area contributed by atoms with E-state index in [4.69, 9.17) is 0 Å². The number of hydrogen-bond donors (Lipinski definition) is 3. The lowest BCUT2D eigenvalue weighted by molar-refractivity contribution is 0.329. The Morgan fingerprint density at radius 1 is 0.889 bits per heavy atom. The van der Waals surface area contributed by atoms with Gasteiger partial charge in [-0.1, -0.05) is 27.7 Å². The Morgan fingerprint density at radius 2 is 1.33 bits per heavy atom. The van der Waals surface area contributed by atoms with Crippen LogP contribution in [0.4, 0.5) is 5.82 Å². The lowest BCUT2D eigenvalue weighted by atomic mass is 10.4. The Labute approximate surface area is 163 Å². The van der Waals surface area contributed by atoms with E-state index in [1.165, 1.54) is 0 Å². The Kier molecular flexibility index (Phi) is 10.2. The molecule has 0 saturated heterocycles. The average Bonchev–Trinajstić information content (AvgIpc) is 2.61. The normalized spacial score (nSPS) is 12.3. The van der Waals surface area contributed by atoms with Gasteiger partial charge in [0, 0.05) is 40.3 Å². The molecule has 0 aromatic carbocycles. The third-order valence-electron chi connectivity index (χ3n) is 4.24. The molecule has 0 saturated carbocycles. The van der Waals surface area contributed by atoms with E-state index in [2.05, 4.69) is 76.1 Å². The van der Waals surface area contributed by atoms with Crippen molar-refractivity contribution < 1.29 is 0 Å². The van der Waals surface area contributed by atoms with E-state index in [-0.39, 0.29) is 5.82 Å². The first-order valence-electron chi connectivity index (χ1n) is 9.92. The van der Waals surface area contributed by atoms with Crippen LogP contribution in [0.2, 0.25) is 0 Å². The summed E-state index contributed by atoms with van der Waals surface area (Å²) >= 11 is 0. The van der Waals surface area contributed by atoms with Gasteiger partial charge in [-0.25, -0.2) is 9.89 Å². The van der Waals surface area contributed by atoms with Crippen molar-refractivity contribution in [1.29, 1.82) is 0 Å². The molecule has 1 aromatic rings. The van der Waals surface area contributed by atoms with Crippen LogP contribution in [0.15, 0.2) is 9.59 Å². The van der Waals surface area contributed by atoms with Crippen LogP contribution in [0.25, 0.3) is 0 Å². The number of nitrogens with one attached hydrogen (secondary N) is 3.